The molecule has 13 heteroatoms. The predicted octanol–water partition coefficient (Wildman–Crippen LogP) is 3.43. The summed E-state index contributed by atoms with van der Waals surface area (Å²) in [5.74, 6) is -4.36. The molecule has 0 aliphatic carbocycles. The van der Waals surface area contributed by atoms with Crippen molar-refractivity contribution in [2.45, 2.75) is 111 Å². The largest absolute Gasteiger partial charge is 0.481 e. The first-order valence-electron chi connectivity index (χ1n) is 16.0. The molecule has 1 aromatic carbocycles. The molecule has 1 rings (SSSR count). The van der Waals surface area contributed by atoms with Crippen LogP contribution >= 0.6 is 0 Å². The summed E-state index contributed by atoms with van der Waals surface area (Å²) in [6, 6.07) is 5.05. The van der Waals surface area contributed by atoms with Crippen LogP contribution in [0.15, 0.2) is 24.3 Å². The van der Waals surface area contributed by atoms with Gasteiger partial charge in [-0.2, -0.15) is 0 Å². The van der Waals surface area contributed by atoms with Gasteiger partial charge >= 0.3 is 11.9 Å². The van der Waals surface area contributed by atoms with E-state index < -0.39 is 52.6 Å². The maximum absolute atomic E-state index is 12.8. The van der Waals surface area contributed by atoms with Gasteiger partial charge < -0.3 is 37.2 Å². The van der Waals surface area contributed by atoms with E-state index in [1.54, 1.807) is 26.0 Å². The lowest BCUT2D eigenvalue weighted by Crippen LogP contribution is -2.48. The topological polar surface area (TPSA) is 217 Å². The number of carboxylic acids is 2. The minimum Gasteiger partial charge on any atom is -0.481 e. The highest BCUT2D eigenvalue weighted by molar-refractivity contribution is 5.94. The molecule has 8 N–H and O–H groups in total. The quantitative estimate of drug-likeness (QED) is 0.0865. The van der Waals surface area contributed by atoms with Crippen molar-refractivity contribution >= 4 is 41.3 Å². The number of carbonyl (C=O) groups excluding carboxylic acids is 4. The Balaban J connectivity index is 2.46. The van der Waals surface area contributed by atoms with Crippen molar-refractivity contribution in [2.75, 3.05) is 18.4 Å². The Labute approximate surface area is 271 Å². The summed E-state index contributed by atoms with van der Waals surface area (Å²) in [6.07, 6.45) is 4.69. The van der Waals surface area contributed by atoms with Gasteiger partial charge in [0.2, 0.25) is 17.7 Å². The van der Waals surface area contributed by atoms with Gasteiger partial charge in [-0.15, -0.1) is 0 Å². The average Bonchev–Trinajstić information content (AvgIpc) is 2.97. The molecule has 0 saturated carbocycles. The highest BCUT2D eigenvalue weighted by Crippen LogP contribution is 2.34. The maximum atomic E-state index is 12.8. The number of hydrogen-bond acceptors (Lipinski definition) is 7. The third-order valence-electron chi connectivity index (χ3n) is 7.72. The first-order chi connectivity index (χ1) is 21.5. The summed E-state index contributed by atoms with van der Waals surface area (Å²) < 4.78 is 0. The first kappa shape index (κ1) is 39.9. The molecule has 0 aromatic heterocycles. The van der Waals surface area contributed by atoms with Crippen molar-refractivity contribution in [3.05, 3.63) is 29.8 Å². The molecule has 0 aliphatic heterocycles. The molecule has 258 valence electrons. The van der Waals surface area contributed by atoms with Gasteiger partial charge in [0, 0.05) is 36.2 Å². The van der Waals surface area contributed by atoms with Crippen molar-refractivity contribution in [1.29, 1.82) is 0 Å². The molecule has 0 bridgehead atoms. The van der Waals surface area contributed by atoms with Crippen LogP contribution in [-0.2, 0) is 24.0 Å². The Bertz CT molecular complexity index is 1180. The fourth-order valence-corrected chi connectivity index (χ4v) is 5.02. The predicted molar refractivity (Wildman–Crippen MR) is 175 cm³/mol. The number of anilines is 1. The van der Waals surface area contributed by atoms with Crippen molar-refractivity contribution in [2.24, 2.45) is 16.6 Å². The van der Waals surface area contributed by atoms with Crippen LogP contribution in [-0.4, -0.2) is 71.0 Å². The van der Waals surface area contributed by atoms with E-state index in [1.165, 1.54) is 13.8 Å². The monoisotopic (exact) mass is 647 g/mol. The third kappa shape index (κ3) is 14.7. The highest BCUT2D eigenvalue weighted by atomic mass is 16.4. The first-order valence-corrected chi connectivity index (χ1v) is 16.0. The van der Waals surface area contributed by atoms with E-state index in [0.717, 1.165) is 31.5 Å². The molecule has 0 aliphatic rings. The van der Waals surface area contributed by atoms with E-state index in [9.17, 15) is 39.0 Å². The normalized spacial score (nSPS) is 12.8. The van der Waals surface area contributed by atoms with Gasteiger partial charge in [0.05, 0.1) is 5.41 Å². The van der Waals surface area contributed by atoms with Gasteiger partial charge in [-0.1, -0.05) is 33.6 Å². The van der Waals surface area contributed by atoms with Crippen LogP contribution in [0.5, 0.6) is 0 Å². The molecular weight excluding hydrogens is 594 g/mol. The van der Waals surface area contributed by atoms with Crippen molar-refractivity contribution in [1.82, 2.24) is 16.0 Å². The van der Waals surface area contributed by atoms with E-state index in [-0.39, 0.29) is 38.0 Å². The third-order valence-corrected chi connectivity index (χ3v) is 7.72. The highest BCUT2D eigenvalue weighted by Gasteiger charge is 2.40. The molecule has 0 fully saturated rings. The summed E-state index contributed by atoms with van der Waals surface area (Å²) >= 11 is 0. The number of unbranched alkanes of at least 4 members (excludes halogenated alkanes) is 3. The van der Waals surface area contributed by atoms with Crippen LogP contribution in [0.1, 0.15) is 109 Å². The maximum Gasteiger partial charge on any atom is 0.326 e. The zero-order valence-electron chi connectivity index (χ0n) is 27.9. The number of carboxylic acid groups (broad SMARTS) is 2. The Morgan fingerprint density at radius 1 is 0.783 bits per heavy atom. The van der Waals surface area contributed by atoms with Gasteiger partial charge in [-0.3, -0.25) is 24.0 Å². The molecule has 0 heterocycles. The average molecular weight is 648 g/mol. The van der Waals surface area contributed by atoms with E-state index >= 15 is 0 Å². The van der Waals surface area contributed by atoms with Crippen LogP contribution in [0.4, 0.5) is 5.69 Å². The molecular formula is C33H53N5O8. The molecule has 0 saturated heterocycles. The number of rotatable bonds is 23. The summed E-state index contributed by atoms with van der Waals surface area (Å²) in [5.41, 5.74) is 4.62. The Kier molecular flexibility index (Phi) is 16.8. The molecule has 1 aromatic rings. The fourth-order valence-electron chi connectivity index (χ4n) is 5.02. The zero-order chi connectivity index (χ0) is 34.9. The minimum absolute atomic E-state index is 0.0121. The van der Waals surface area contributed by atoms with Crippen LogP contribution in [0.3, 0.4) is 0 Å². The molecule has 2 unspecified atom stereocenters. The second-order valence-electron chi connectivity index (χ2n) is 13.0. The van der Waals surface area contributed by atoms with Gasteiger partial charge in [-0.05, 0) is 83.1 Å². The Hall–Kier alpha value is -4.16. The minimum atomic E-state index is -1.28. The summed E-state index contributed by atoms with van der Waals surface area (Å²) in [4.78, 5) is 72.9. The second kappa shape index (κ2) is 19.4. The number of aliphatic carboxylic acids is 2. The van der Waals surface area contributed by atoms with E-state index in [4.69, 9.17) is 5.73 Å². The van der Waals surface area contributed by atoms with Crippen molar-refractivity contribution < 1.29 is 39.0 Å². The molecule has 0 spiro atoms. The van der Waals surface area contributed by atoms with Crippen LogP contribution in [0.2, 0.25) is 0 Å². The number of carbonyl (C=O) groups is 6. The number of nitrogens with one attached hydrogen (secondary N) is 4. The second-order valence-corrected chi connectivity index (χ2v) is 13.0. The molecule has 13 nitrogen and oxygen atoms in total. The van der Waals surface area contributed by atoms with Gasteiger partial charge in [0.15, 0.2) is 0 Å². The number of amides is 4. The molecule has 46 heavy (non-hydrogen) atoms. The Morgan fingerprint density at radius 3 is 1.96 bits per heavy atom. The number of hydrogen-bond donors (Lipinski definition) is 7. The lowest BCUT2D eigenvalue weighted by Gasteiger charge is -2.32. The van der Waals surface area contributed by atoms with E-state index in [0.29, 0.717) is 24.9 Å². The van der Waals surface area contributed by atoms with Crippen LogP contribution < -0.4 is 27.0 Å². The lowest BCUT2D eigenvalue weighted by atomic mass is 9.74. The molecule has 0 radical (unpaired) electrons. The summed E-state index contributed by atoms with van der Waals surface area (Å²) in [7, 11) is 0. The summed E-state index contributed by atoms with van der Waals surface area (Å²) in [5, 5.41) is 30.2. The van der Waals surface area contributed by atoms with Crippen molar-refractivity contribution in [3.63, 3.8) is 0 Å². The van der Waals surface area contributed by atoms with Gasteiger partial charge in [0.1, 0.15) is 12.1 Å². The van der Waals surface area contributed by atoms with Crippen LogP contribution in [0.25, 0.3) is 0 Å². The zero-order valence-corrected chi connectivity index (χ0v) is 27.9. The molecule has 4 amide bonds. The van der Waals surface area contributed by atoms with E-state index in [1.807, 2.05) is 12.1 Å². The van der Waals surface area contributed by atoms with Crippen molar-refractivity contribution in [3.8, 4) is 0 Å². The lowest BCUT2D eigenvalue weighted by molar-refractivity contribution is -0.151. The number of nitrogens with two attached hydrogens (primary N) is 1. The fraction of sp³-hybridized carbons (Fsp3) is 0.636. The standard InChI is InChI=1S/C33H53N5O8/c1-6-7-9-19-35-23-17-15-22(16-18-23)28(41)36-20-10-8-12-24(27(34)40)37-26(39)14-11-13-25(29(42)43)38-30(44)32(2,3)21-33(4,5)31(45)46/h15-18,24-25,35H,6-14,19-21H2,1-5H3,(H2,34,40)(H,36,41)(H,37,39)(H,38,44)(H,42,43)(H,45,46). The summed E-state index contributed by atoms with van der Waals surface area (Å²) in [6.45, 7) is 9.48. The van der Waals surface area contributed by atoms with Gasteiger partial charge in [-0.25, -0.2) is 4.79 Å². The smallest absolute Gasteiger partial charge is 0.326 e. The SMILES string of the molecule is CCCCCNc1ccc(C(=O)NCCCCC(NC(=O)CCCC(NC(=O)C(C)(C)CC(C)(C)C(=O)O)C(=O)O)C(N)=O)cc1. The van der Waals surface area contributed by atoms with E-state index in [2.05, 4.69) is 28.2 Å². The van der Waals surface area contributed by atoms with Gasteiger partial charge in [0.25, 0.3) is 5.91 Å². The Morgan fingerprint density at radius 2 is 1.39 bits per heavy atom. The number of benzene rings is 1. The van der Waals surface area contributed by atoms with Crippen LogP contribution in [0, 0.1) is 10.8 Å². The number of primary amides is 1. The molecule has 2 atom stereocenters.